The lowest BCUT2D eigenvalue weighted by Gasteiger charge is -2.38. The normalized spacial score (nSPS) is 15.5. The van der Waals surface area contributed by atoms with Gasteiger partial charge in [-0.1, -0.05) is 41.9 Å². The van der Waals surface area contributed by atoms with Gasteiger partial charge < -0.3 is 15.3 Å². The van der Waals surface area contributed by atoms with Crippen LogP contribution >= 0.6 is 11.6 Å². The van der Waals surface area contributed by atoms with Gasteiger partial charge in [0.15, 0.2) is 0 Å². The predicted molar refractivity (Wildman–Crippen MR) is 120 cm³/mol. The van der Waals surface area contributed by atoms with Crippen molar-refractivity contribution in [3.63, 3.8) is 0 Å². The fraction of sp³-hybridized carbons (Fsp3) is 0.304. The number of nitrogens with one attached hydrogen (secondary N) is 2. The largest absolute Gasteiger partial charge is 0.385 e. The van der Waals surface area contributed by atoms with E-state index in [0.29, 0.717) is 47.4 Å². The summed E-state index contributed by atoms with van der Waals surface area (Å²) in [7, 11) is 0. The lowest BCUT2D eigenvalue weighted by molar-refractivity contribution is -0.136. The van der Waals surface area contributed by atoms with Crippen LogP contribution in [0.1, 0.15) is 24.1 Å². The van der Waals surface area contributed by atoms with E-state index in [1.165, 1.54) is 0 Å². The van der Waals surface area contributed by atoms with Crippen LogP contribution in [-0.2, 0) is 21.6 Å². The van der Waals surface area contributed by atoms with Crippen molar-refractivity contribution in [2.45, 2.75) is 24.9 Å². The van der Waals surface area contributed by atoms with E-state index in [-0.39, 0.29) is 30.3 Å². The van der Waals surface area contributed by atoms with Crippen LogP contribution in [0.15, 0.2) is 53.3 Å². The van der Waals surface area contributed by atoms with E-state index < -0.39 is 5.60 Å². The number of hydrogen-bond donors (Lipinski definition) is 3. The minimum atomic E-state index is -0.998. The Kier molecular flexibility index (Phi) is 6.25. The molecule has 0 atom stereocenters. The molecule has 8 nitrogen and oxygen atoms in total. The number of benzene rings is 2. The van der Waals surface area contributed by atoms with Crippen molar-refractivity contribution >= 4 is 34.2 Å². The van der Waals surface area contributed by atoms with Gasteiger partial charge in [-0.15, -0.1) is 0 Å². The monoisotopic (exact) mass is 454 g/mol. The average molecular weight is 455 g/mol. The van der Waals surface area contributed by atoms with Crippen molar-refractivity contribution in [1.82, 2.24) is 20.4 Å². The highest BCUT2D eigenvalue weighted by molar-refractivity contribution is 6.30. The minimum Gasteiger partial charge on any atom is -0.385 e. The molecule has 0 spiro atoms. The maximum absolute atomic E-state index is 12.6. The second-order valence-electron chi connectivity index (χ2n) is 7.92. The molecule has 2 amide bonds. The summed E-state index contributed by atoms with van der Waals surface area (Å²) in [4.78, 5) is 38.4. The molecule has 0 radical (unpaired) electrons. The second-order valence-corrected chi connectivity index (χ2v) is 8.35. The number of amides is 2. The first-order valence-corrected chi connectivity index (χ1v) is 10.7. The maximum Gasteiger partial charge on any atom is 0.272 e. The molecule has 2 aromatic carbocycles. The van der Waals surface area contributed by atoms with Gasteiger partial charge in [0, 0.05) is 23.5 Å². The number of fused-ring (bicyclic) bond motifs is 1. The van der Waals surface area contributed by atoms with Gasteiger partial charge in [0.05, 0.1) is 29.6 Å². The number of hydrogen-bond acceptors (Lipinski definition) is 5. The molecule has 1 aromatic heterocycles. The number of rotatable bonds is 5. The van der Waals surface area contributed by atoms with Crippen LogP contribution in [-0.4, -0.2) is 51.7 Å². The number of carbonyl (C=O) groups is 2. The highest BCUT2D eigenvalue weighted by Gasteiger charge is 2.35. The molecule has 32 heavy (non-hydrogen) atoms. The van der Waals surface area contributed by atoms with Crippen molar-refractivity contribution in [3.05, 3.63) is 75.2 Å². The van der Waals surface area contributed by atoms with Crippen molar-refractivity contribution in [1.29, 1.82) is 0 Å². The number of aromatic nitrogens is 2. The third kappa shape index (κ3) is 4.66. The summed E-state index contributed by atoms with van der Waals surface area (Å²) >= 11 is 5.92. The summed E-state index contributed by atoms with van der Waals surface area (Å²) in [6.07, 6.45) is 0.754. The molecular formula is C23H23ClN4O4. The van der Waals surface area contributed by atoms with Crippen molar-refractivity contribution < 1.29 is 14.7 Å². The van der Waals surface area contributed by atoms with Gasteiger partial charge >= 0.3 is 0 Å². The Morgan fingerprint density at radius 3 is 2.44 bits per heavy atom. The lowest BCUT2D eigenvalue weighted by Crippen LogP contribution is -2.48. The van der Waals surface area contributed by atoms with Crippen LogP contribution in [0.5, 0.6) is 0 Å². The molecule has 0 bridgehead atoms. The predicted octanol–water partition coefficient (Wildman–Crippen LogP) is 1.75. The highest BCUT2D eigenvalue weighted by Crippen LogP contribution is 2.33. The number of aromatic amines is 1. The van der Waals surface area contributed by atoms with Gasteiger partial charge in [0.2, 0.25) is 11.8 Å². The number of carbonyl (C=O) groups excluding carboxylic acids is 2. The Balaban J connectivity index is 1.31. The number of H-pyrrole nitrogens is 1. The van der Waals surface area contributed by atoms with Gasteiger partial charge in [-0.3, -0.25) is 14.4 Å². The van der Waals surface area contributed by atoms with E-state index >= 15 is 0 Å². The van der Waals surface area contributed by atoms with Crippen molar-refractivity contribution in [2.75, 3.05) is 19.6 Å². The molecule has 1 aliphatic heterocycles. The molecule has 2 heterocycles. The molecule has 0 aliphatic carbocycles. The Bertz CT molecular complexity index is 1200. The molecule has 166 valence electrons. The summed E-state index contributed by atoms with van der Waals surface area (Å²) in [5.41, 5.74) is -0.0932. The second kappa shape index (κ2) is 9.10. The molecule has 0 saturated carbocycles. The van der Waals surface area contributed by atoms with Crippen LogP contribution in [0.3, 0.4) is 0 Å². The molecule has 0 unspecified atom stereocenters. The Morgan fingerprint density at radius 1 is 1.09 bits per heavy atom. The SMILES string of the molecule is O=C(Cc1n[nH]c(=O)c2ccccc12)NCC(=O)N1CCC(O)(c2ccc(Cl)cc2)CC1. The molecular weight excluding hydrogens is 432 g/mol. The number of nitrogens with zero attached hydrogens (tertiary/aromatic N) is 2. The first-order chi connectivity index (χ1) is 15.4. The topological polar surface area (TPSA) is 115 Å². The zero-order chi connectivity index (χ0) is 22.7. The van der Waals surface area contributed by atoms with Crippen molar-refractivity contribution in [2.24, 2.45) is 0 Å². The molecule has 9 heteroatoms. The zero-order valence-electron chi connectivity index (χ0n) is 17.3. The molecule has 1 fully saturated rings. The first kappa shape index (κ1) is 22.0. The van der Waals surface area contributed by atoms with Crippen molar-refractivity contribution in [3.8, 4) is 0 Å². The number of piperidine rings is 1. The molecule has 4 rings (SSSR count). The third-order valence-corrected chi connectivity index (χ3v) is 6.12. The molecule has 1 saturated heterocycles. The van der Waals surface area contributed by atoms with Crippen LogP contribution < -0.4 is 10.9 Å². The van der Waals surface area contributed by atoms with E-state index in [0.717, 1.165) is 5.56 Å². The maximum atomic E-state index is 12.6. The fourth-order valence-electron chi connectivity index (χ4n) is 3.98. The van der Waals surface area contributed by atoms with E-state index in [1.54, 1.807) is 53.4 Å². The summed E-state index contributed by atoms with van der Waals surface area (Å²) in [5, 5.41) is 21.6. The standard InChI is InChI=1S/C23H23ClN4O4/c24-16-7-5-15(6-8-16)23(32)9-11-28(12-10-23)21(30)14-25-20(29)13-19-17-3-1-2-4-18(17)22(31)27-26-19/h1-8,32H,9-14H2,(H,25,29)(H,27,31). The van der Waals surface area contributed by atoms with E-state index in [4.69, 9.17) is 11.6 Å². The summed E-state index contributed by atoms with van der Waals surface area (Å²) in [6, 6.07) is 14.0. The van der Waals surface area contributed by atoms with Gasteiger partial charge in [-0.05, 0) is 36.6 Å². The van der Waals surface area contributed by atoms with Crippen LogP contribution in [0.4, 0.5) is 0 Å². The van der Waals surface area contributed by atoms with Crippen LogP contribution in [0.2, 0.25) is 5.02 Å². The fourth-order valence-corrected chi connectivity index (χ4v) is 4.11. The number of likely N-dealkylation sites (tertiary alicyclic amines) is 1. The van der Waals surface area contributed by atoms with Gasteiger partial charge in [0.1, 0.15) is 0 Å². The van der Waals surface area contributed by atoms with Gasteiger partial charge in [0.25, 0.3) is 5.56 Å². The number of halogens is 1. The summed E-state index contributed by atoms with van der Waals surface area (Å²) in [5.74, 6) is -0.575. The van der Waals surface area contributed by atoms with Crippen LogP contribution in [0.25, 0.3) is 10.8 Å². The Labute approximate surface area is 189 Å². The third-order valence-electron chi connectivity index (χ3n) is 5.86. The summed E-state index contributed by atoms with van der Waals surface area (Å²) in [6.45, 7) is 0.638. The molecule has 1 aliphatic rings. The smallest absolute Gasteiger partial charge is 0.272 e. The van der Waals surface area contributed by atoms with Gasteiger partial charge in [-0.2, -0.15) is 5.10 Å². The number of aliphatic hydroxyl groups is 1. The molecule has 3 aromatic rings. The average Bonchev–Trinajstić information content (AvgIpc) is 2.80. The Hall–Kier alpha value is -3.23. The van der Waals surface area contributed by atoms with E-state index in [9.17, 15) is 19.5 Å². The van der Waals surface area contributed by atoms with Crippen LogP contribution in [0, 0.1) is 0 Å². The minimum absolute atomic E-state index is 0.0547. The summed E-state index contributed by atoms with van der Waals surface area (Å²) < 4.78 is 0. The van der Waals surface area contributed by atoms with Gasteiger partial charge in [-0.25, -0.2) is 5.10 Å². The van der Waals surface area contributed by atoms with E-state index in [1.807, 2.05) is 0 Å². The van der Waals surface area contributed by atoms with E-state index in [2.05, 4.69) is 15.5 Å². The quantitative estimate of drug-likeness (QED) is 0.543. The first-order valence-electron chi connectivity index (χ1n) is 10.3. The highest BCUT2D eigenvalue weighted by atomic mass is 35.5. The lowest BCUT2D eigenvalue weighted by atomic mass is 9.84. The molecule has 3 N–H and O–H groups in total. The zero-order valence-corrected chi connectivity index (χ0v) is 18.1. The Morgan fingerprint density at radius 2 is 1.75 bits per heavy atom.